The first-order valence-corrected chi connectivity index (χ1v) is 8.03. The summed E-state index contributed by atoms with van der Waals surface area (Å²) in [6, 6.07) is 8.14. The lowest BCUT2D eigenvalue weighted by molar-refractivity contribution is 0.312. The Labute approximate surface area is 126 Å². The summed E-state index contributed by atoms with van der Waals surface area (Å²) in [7, 11) is 0. The van der Waals surface area contributed by atoms with Crippen molar-refractivity contribution < 1.29 is 4.52 Å². The van der Waals surface area contributed by atoms with Gasteiger partial charge < -0.3 is 10.3 Å². The van der Waals surface area contributed by atoms with E-state index in [-0.39, 0.29) is 0 Å². The molecule has 2 aromatic rings. The van der Waals surface area contributed by atoms with Crippen LogP contribution in [-0.2, 0) is 0 Å². The number of benzene rings is 1. The van der Waals surface area contributed by atoms with Gasteiger partial charge in [0.1, 0.15) is 5.76 Å². The monoisotopic (exact) mass is 332 g/mol. The first kappa shape index (κ1) is 12.5. The SMILES string of the molecule is Nc1noc(C2CC3CCC2C3)c1-c1ccccc1Br. The van der Waals surface area contributed by atoms with Crippen molar-refractivity contribution in [2.45, 2.75) is 31.6 Å². The van der Waals surface area contributed by atoms with Gasteiger partial charge in [-0.15, -0.1) is 0 Å². The van der Waals surface area contributed by atoms with Crippen molar-refractivity contribution in [1.29, 1.82) is 0 Å². The summed E-state index contributed by atoms with van der Waals surface area (Å²) in [6.07, 6.45) is 5.29. The molecule has 0 spiro atoms. The molecular formula is C16H17BrN2O. The fraction of sp³-hybridized carbons (Fsp3) is 0.438. The Balaban J connectivity index is 1.81. The molecule has 1 aromatic heterocycles. The van der Waals surface area contributed by atoms with Gasteiger partial charge in [0.05, 0.1) is 5.56 Å². The first-order valence-electron chi connectivity index (χ1n) is 7.24. The molecule has 0 aliphatic heterocycles. The second-order valence-electron chi connectivity index (χ2n) is 6.07. The predicted molar refractivity (Wildman–Crippen MR) is 82.2 cm³/mol. The molecule has 2 fully saturated rings. The van der Waals surface area contributed by atoms with Crippen LogP contribution in [0.2, 0.25) is 0 Å². The molecule has 3 unspecified atom stereocenters. The Kier molecular flexibility index (Phi) is 2.88. The molecule has 2 N–H and O–H groups in total. The summed E-state index contributed by atoms with van der Waals surface area (Å²) in [4.78, 5) is 0. The zero-order chi connectivity index (χ0) is 13.7. The van der Waals surface area contributed by atoms with Crippen LogP contribution in [0.25, 0.3) is 11.1 Å². The Morgan fingerprint density at radius 2 is 2.05 bits per heavy atom. The molecule has 104 valence electrons. The van der Waals surface area contributed by atoms with Gasteiger partial charge in [0.2, 0.25) is 0 Å². The highest BCUT2D eigenvalue weighted by Gasteiger charge is 2.43. The molecule has 3 atom stereocenters. The van der Waals surface area contributed by atoms with Crippen LogP contribution in [-0.4, -0.2) is 5.16 Å². The highest BCUT2D eigenvalue weighted by molar-refractivity contribution is 9.10. The summed E-state index contributed by atoms with van der Waals surface area (Å²) in [5.74, 6) is 3.65. The number of nitrogens with two attached hydrogens (primary N) is 1. The summed E-state index contributed by atoms with van der Waals surface area (Å²) in [6.45, 7) is 0. The molecule has 2 aliphatic carbocycles. The van der Waals surface area contributed by atoms with Crippen molar-refractivity contribution in [3.63, 3.8) is 0 Å². The van der Waals surface area contributed by atoms with E-state index in [1.807, 2.05) is 18.2 Å². The van der Waals surface area contributed by atoms with Gasteiger partial charge in [0.15, 0.2) is 5.82 Å². The molecule has 1 heterocycles. The lowest BCUT2D eigenvalue weighted by Crippen LogP contribution is -2.08. The number of anilines is 1. The molecule has 2 aliphatic rings. The van der Waals surface area contributed by atoms with Crippen LogP contribution in [0.1, 0.15) is 37.4 Å². The van der Waals surface area contributed by atoms with Gasteiger partial charge >= 0.3 is 0 Å². The predicted octanol–water partition coefficient (Wildman–Crippen LogP) is 4.59. The third-order valence-corrected chi connectivity index (χ3v) is 5.65. The van der Waals surface area contributed by atoms with Crippen molar-refractivity contribution in [3.05, 3.63) is 34.5 Å². The molecule has 4 heteroatoms. The quantitative estimate of drug-likeness (QED) is 0.874. The smallest absolute Gasteiger partial charge is 0.175 e. The third-order valence-electron chi connectivity index (χ3n) is 4.96. The fourth-order valence-corrected chi connectivity index (χ4v) is 4.55. The van der Waals surface area contributed by atoms with Crippen LogP contribution < -0.4 is 5.73 Å². The number of fused-ring (bicyclic) bond motifs is 2. The van der Waals surface area contributed by atoms with Crippen LogP contribution in [0.3, 0.4) is 0 Å². The first-order chi connectivity index (χ1) is 9.74. The van der Waals surface area contributed by atoms with Crippen molar-refractivity contribution >= 4 is 21.7 Å². The van der Waals surface area contributed by atoms with Gasteiger partial charge in [0.25, 0.3) is 0 Å². The number of nitrogens with zero attached hydrogens (tertiary/aromatic N) is 1. The fourth-order valence-electron chi connectivity index (χ4n) is 4.07. The highest BCUT2D eigenvalue weighted by atomic mass is 79.9. The van der Waals surface area contributed by atoms with Gasteiger partial charge in [-0.25, -0.2) is 0 Å². The molecule has 3 nitrogen and oxygen atoms in total. The largest absolute Gasteiger partial charge is 0.380 e. The summed E-state index contributed by atoms with van der Waals surface area (Å²) >= 11 is 3.61. The molecule has 4 rings (SSSR count). The maximum Gasteiger partial charge on any atom is 0.175 e. The van der Waals surface area contributed by atoms with Crippen LogP contribution >= 0.6 is 15.9 Å². The minimum atomic E-state index is 0.501. The van der Waals surface area contributed by atoms with E-state index < -0.39 is 0 Å². The van der Waals surface area contributed by atoms with Crippen molar-refractivity contribution in [2.24, 2.45) is 11.8 Å². The minimum Gasteiger partial charge on any atom is -0.380 e. The summed E-state index contributed by atoms with van der Waals surface area (Å²) < 4.78 is 6.69. The van der Waals surface area contributed by atoms with Gasteiger partial charge in [-0.3, -0.25) is 0 Å². The van der Waals surface area contributed by atoms with Gasteiger partial charge in [0, 0.05) is 16.0 Å². The number of rotatable bonds is 2. The van der Waals surface area contributed by atoms with E-state index in [9.17, 15) is 0 Å². The second kappa shape index (κ2) is 4.62. The Hall–Kier alpha value is -1.29. The average molecular weight is 333 g/mol. The summed E-state index contributed by atoms with van der Waals surface area (Å²) in [5, 5.41) is 4.04. The Morgan fingerprint density at radius 3 is 2.75 bits per heavy atom. The van der Waals surface area contributed by atoms with E-state index in [1.165, 1.54) is 25.7 Å². The van der Waals surface area contributed by atoms with Crippen LogP contribution in [0.15, 0.2) is 33.3 Å². The van der Waals surface area contributed by atoms with E-state index in [0.29, 0.717) is 11.7 Å². The average Bonchev–Trinajstić information content (AvgIpc) is 3.14. The van der Waals surface area contributed by atoms with Crippen LogP contribution in [0.4, 0.5) is 5.82 Å². The van der Waals surface area contributed by atoms with Crippen LogP contribution in [0, 0.1) is 11.8 Å². The topological polar surface area (TPSA) is 52.0 Å². The van der Waals surface area contributed by atoms with E-state index in [1.54, 1.807) is 0 Å². The van der Waals surface area contributed by atoms with E-state index in [2.05, 4.69) is 27.2 Å². The highest BCUT2D eigenvalue weighted by Crippen LogP contribution is 2.55. The standard InChI is InChI=1S/C16H17BrN2O/c17-13-4-2-1-3-11(13)14-15(20-19-16(14)18)12-8-9-5-6-10(12)7-9/h1-4,9-10,12H,5-8H2,(H2,18,19). The Bertz CT molecular complexity index is 652. The van der Waals surface area contributed by atoms with Crippen molar-refractivity contribution in [1.82, 2.24) is 5.16 Å². The Morgan fingerprint density at radius 1 is 1.20 bits per heavy atom. The van der Waals surface area contributed by atoms with Gasteiger partial charge in [-0.05, 0) is 37.2 Å². The maximum atomic E-state index is 6.08. The van der Waals surface area contributed by atoms with Gasteiger partial charge in [-0.2, -0.15) is 0 Å². The zero-order valence-corrected chi connectivity index (χ0v) is 12.8. The number of hydrogen-bond donors (Lipinski definition) is 1. The lowest BCUT2D eigenvalue weighted by Gasteiger charge is -2.20. The molecule has 0 amide bonds. The molecule has 20 heavy (non-hydrogen) atoms. The van der Waals surface area contributed by atoms with Crippen molar-refractivity contribution in [2.75, 3.05) is 5.73 Å². The zero-order valence-electron chi connectivity index (χ0n) is 11.2. The molecule has 2 bridgehead atoms. The number of halogens is 1. The van der Waals surface area contributed by atoms with E-state index in [4.69, 9.17) is 10.3 Å². The molecule has 2 saturated carbocycles. The second-order valence-corrected chi connectivity index (χ2v) is 6.92. The third kappa shape index (κ3) is 1.81. The van der Waals surface area contributed by atoms with E-state index in [0.717, 1.165) is 33.2 Å². The normalized spacial score (nSPS) is 28.1. The number of aromatic nitrogens is 1. The molecular weight excluding hydrogens is 316 g/mol. The molecule has 0 saturated heterocycles. The van der Waals surface area contributed by atoms with Crippen LogP contribution in [0.5, 0.6) is 0 Å². The minimum absolute atomic E-state index is 0.501. The van der Waals surface area contributed by atoms with Crippen molar-refractivity contribution in [3.8, 4) is 11.1 Å². The van der Waals surface area contributed by atoms with Gasteiger partial charge in [-0.1, -0.05) is 45.7 Å². The lowest BCUT2D eigenvalue weighted by atomic mass is 9.84. The molecule has 1 aromatic carbocycles. The molecule has 0 radical (unpaired) electrons. The van der Waals surface area contributed by atoms with E-state index >= 15 is 0 Å². The summed E-state index contributed by atoms with van der Waals surface area (Å²) in [5.41, 5.74) is 8.16. The maximum absolute atomic E-state index is 6.08. The number of nitrogen functional groups attached to an aromatic ring is 1. The number of hydrogen-bond acceptors (Lipinski definition) is 3.